The number of pyridine rings is 1. The SMILES string of the molecule is Cc1ccccc1NC(=O)c1c([O-])[nH]c(=O)c2ccccc12. The van der Waals surface area contributed by atoms with Gasteiger partial charge >= 0.3 is 0 Å². The van der Waals surface area contributed by atoms with Gasteiger partial charge in [0.05, 0.1) is 5.56 Å². The first-order valence-corrected chi connectivity index (χ1v) is 6.77. The van der Waals surface area contributed by atoms with E-state index in [1.807, 2.05) is 19.1 Å². The van der Waals surface area contributed by atoms with Crippen LogP contribution in [0.4, 0.5) is 5.69 Å². The van der Waals surface area contributed by atoms with Gasteiger partial charge in [-0.05, 0) is 30.5 Å². The standard InChI is InChI=1S/C17H14N2O3/c1-10-6-2-5-9-13(10)18-16(21)14-11-7-3-4-8-12(11)15(20)19-17(14)22/h2-9H,1H3,(H,18,21)(H2,19,20,22)/p-1. The van der Waals surface area contributed by atoms with E-state index in [9.17, 15) is 14.7 Å². The molecule has 2 aromatic carbocycles. The number of rotatable bonds is 2. The maximum absolute atomic E-state index is 12.5. The number of hydrogen-bond donors (Lipinski definition) is 2. The molecular weight excluding hydrogens is 280 g/mol. The fraction of sp³-hybridized carbons (Fsp3) is 0.0588. The lowest BCUT2D eigenvalue weighted by Crippen LogP contribution is -2.20. The van der Waals surface area contributed by atoms with Gasteiger partial charge in [-0.25, -0.2) is 0 Å². The molecule has 1 amide bonds. The number of aromatic amines is 1. The number of benzene rings is 2. The minimum atomic E-state index is -0.685. The Balaban J connectivity index is 2.12. The van der Waals surface area contributed by atoms with E-state index in [0.717, 1.165) is 5.56 Å². The molecule has 5 heteroatoms. The molecule has 0 unspecified atom stereocenters. The van der Waals surface area contributed by atoms with Crippen molar-refractivity contribution in [2.24, 2.45) is 0 Å². The van der Waals surface area contributed by atoms with Crippen molar-refractivity contribution in [2.75, 3.05) is 5.32 Å². The molecule has 0 aliphatic rings. The highest BCUT2D eigenvalue weighted by molar-refractivity contribution is 6.14. The van der Waals surface area contributed by atoms with Crippen LogP contribution in [0.25, 0.3) is 10.8 Å². The van der Waals surface area contributed by atoms with Crippen LogP contribution in [0.3, 0.4) is 0 Å². The first kappa shape index (κ1) is 13.9. The largest absolute Gasteiger partial charge is 0.860 e. The molecule has 0 atom stereocenters. The lowest BCUT2D eigenvalue weighted by molar-refractivity contribution is -0.275. The molecule has 0 bridgehead atoms. The second-order valence-corrected chi connectivity index (χ2v) is 4.97. The third kappa shape index (κ3) is 2.33. The zero-order chi connectivity index (χ0) is 15.7. The van der Waals surface area contributed by atoms with E-state index >= 15 is 0 Å². The van der Waals surface area contributed by atoms with Crippen LogP contribution in [0, 0.1) is 6.92 Å². The monoisotopic (exact) mass is 293 g/mol. The van der Waals surface area contributed by atoms with Gasteiger partial charge in [-0.3, -0.25) is 9.59 Å². The molecule has 0 aliphatic carbocycles. The van der Waals surface area contributed by atoms with Gasteiger partial charge in [0.25, 0.3) is 11.5 Å². The number of hydrogen-bond acceptors (Lipinski definition) is 3. The summed E-state index contributed by atoms with van der Waals surface area (Å²) in [5.74, 6) is -1.22. The number of nitrogens with one attached hydrogen (secondary N) is 2. The lowest BCUT2D eigenvalue weighted by Gasteiger charge is -2.16. The van der Waals surface area contributed by atoms with Gasteiger partial charge in [-0.2, -0.15) is 0 Å². The molecule has 0 saturated carbocycles. The highest BCUT2D eigenvalue weighted by Crippen LogP contribution is 2.22. The van der Waals surface area contributed by atoms with Gasteiger partial charge in [0.1, 0.15) is 0 Å². The maximum atomic E-state index is 12.5. The summed E-state index contributed by atoms with van der Waals surface area (Å²) in [6.45, 7) is 1.86. The van der Waals surface area contributed by atoms with Crippen molar-refractivity contribution >= 4 is 22.4 Å². The maximum Gasteiger partial charge on any atom is 0.257 e. The molecule has 3 rings (SSSR count). The fourth-order valence-electron chi connectivity index (χ4n) is 2.38. The summed E-state index contributed by atoms with van der Waals surface area (Å²) >= 11 is 0. The van der Waals surface area contributed by atoms with Crippen molar-refractivity contribution < 1.29 is 9.90 Å². The Hall–Kier alpha value is -3.08. The van der Waals surface area contributed by atoms with Crippen LogP contribution in [-0.2, 0) is 0 Å². The Morgan fingerprint density at radius 1 is 1.05 bits per heavy atom. The Bertz CT molecular complexity index is 929. The summed E-state index contributed by atoms with van der Waals surface area (Å²) in [6, 6.07) is 13.8. The Kier molecular flexibility index (Phi) is 3.39. The number of H-pyrrole nitrogens is 1. The molecule has 0 aliphatic heterocycles. The molecular formula is C17H13N2O3-. The number of carbonyl (C=O) groups excluding carboxylic acids is 1. The molecule has 22 heavy (non-hydrogen) atoms. The predicted molar refractivity (Wildman–Crippen MR) is 83.1 cm³/mol. The summed E-state index contributed by atoms with van der Waals surface area (Å²) in [7, 11) is 0. The van der Waals surface area contributed by atoms with Gasteiger partial charge in [0.2, 0.25) is 0 Å². The number of anilines is 1. The van der Waals surface area contributed by atoms with Crippen molar-refractivity contribution in [2.45, 2.75) is 6.92 Å². The second-order valence-electron chi connectivity index (χ2n) is 4.97. The zero-order valence-corrected chi connectivity index (χ0v) is 11.8. The molecule has 0 saturated heterocycles. The average Bonchev–Trinajstić information content (AvgIpc) is 2.49. The number of aromatic nitrogens is 1. The summed E-state index contributed by atoms with van der Waals surface area (Å²) in [5.41, 5.74) is 0.964. The van der Waals surface area contributed by atoms with Crippen molar-refractivity contribution in [1.82, 2.24) is 4.98 Å². The first-order valence-electron chi connectivity index (χ1n) is 6.77. The van der Waals surface area contributed by atoms with Crippen molar-refractivity contribution in [3.63, 3.8) is 0 Å². The van der Waals surface area contributed by atoms with Crippen molar-refractivity contribution in [3.8, 4) is 5.88 Å². The molecule has 5 nitrogen and oxygen atoms in total. The number of amides is 1. The smallest absolute Gasteiger partial charge is 0.257 e. The molecule has 1 heterocycles. The summed E-state index contributed by atoms with van der Waals surface area (Å²) in [4.78, 5) is 26.5. The Morgan fingerprint density at radius 3 is 2.41 bits per heavy atom. The number of aryl methyl sites for hydroxylation is 1. The zero-order valence-electron chi connectivity index (χ0n) is 11.8. The third-order valence-corrected chi connectivity index (χ3v) is 3.52. The first-order chi connectivity index (χ1) is 10.6. The van der Waals surface area contributed by atoms with Gasteiger partial charge < -0.3 is 15.4 Å². The van der Waals surface area contributed by atoms with Crippen LogP contribution >= 0.6 is 0 Å². The van der Waals surface area contributed by atoms with Gasteiger partial charge in [-0.1, -0.05) is 36.4 Å². The molecule has 3 aromatic rings. The normalized spacial score (nSPS) is 10.6. The van der Waals surface area contributed by atoms with Crippen LogP contribution in [0.2, 0.25) is 0 Å². The molecule has 0 radical (unpaired) electrons. The second kappa shape index (κ2) is 5.37. The van der Waals surface area contributed by atoms with Crippen LogP contribution < -0.4 is 16.0 Å². The van der Waals surface area contributed by atoms with E-state index < -0.39 is 17.3 Å². The Labute approximate surface area is 126 Å². The van der Waals surface area contributed by atoms with Crippen molar-refractivity contribution in [1.29, 1.82) is 0 Å². The number of para-hydroxylation sites is 1. The average molecular weight is 293 g/mol. The van der Waals surface area contributed by atoms with Crippen LogP contribution in [0.5, 0.6) is 5.88 Å². The molecule has 0 spiro atoms. The highest BCUT2D eigenvalue weighted by Gasteiger charge is 2.14. The van der Waals surface area contributed by atoms with Crippen LogP contribution in [-0.4, -0.2) is 10.9 Å². The Morgan fingerprint density at radius 2 is 1.68 bits per heavy atom. The molecule has 1 aromatic heterocycles. The van der Waals surface area contributed by atoms with E-state index in [1.165, 1.54) is 0 Å². The summed E-state index contributed by atoms with van der Waals surface area (Å²) in [5, 5.41) is 15.4. The molecule has 0 fully saturated rings. The fourth-order valence-corrected chi connectivity index (χ4v) is 2.38. The van der Waals surface area contributed by atoms with Crippen LogP contribution in [0.15, 0.2) is 53.3 Å². The quantitative estimate of drug-likeness (QED) is 0.759. The summed E-state index contributed by atoms with van der Waals surface area (Å²) < 4.78 is 0. The predicted octanol–water partition coefficient (Wildman–Crippen LogP) is 2.16. The van der Waals surface area contributed by atoms with Gasteiger partial charge in [0.15, 0.2) is 0 Å². The summed E-state index contributed by atoms with van der Waals surface area (Å²) in [6.07, 6.45) is 0. The minimum Gasteiger partial charge on any atom is -0.860 e. The van der Waals surface area contributed by atoms with E-state index in [4.69, 9.17) is 0 Å². The highest BCUT2D eigenvalue weighted by atomic mass is 16.3. The number of carbonyl (C=O) groups is 1. The molecule has 110 valence electrons. The van der Waals surface area contributed by atoms with E-state index in [1.54, 1.807) is 36.4 Å². The van der Waals surface area contributed by atoms with Gasteiger partial charge in [0, 0.05) is 16.5 Å². The van der Waals surface area contributed by atoms with Crippen LogP contribution in [0.1, 0.15) is 15.9 Å². The minimum absolute atomic E-state index is 0.0570. The van der Waals surface area contributed by atoms with E-state index in [2.05, 4.69) is 10.3 Å². The molecule has 2 N–H and O–H groups in total. The lowest BCUT2D eigenvalue weighted by atomic mass is 10.1. The number of fused-ring (bicyclic) bond motifs is 1. The van der Waals surface area contributed by atoms with E-state index in [0.29, 0.717) is 16.5 Å². The van der Waals surface area contributed by atoms with E-state index in [-0.39, 0.29) is 5.56 Å². The van der Waals surface area contributed by atoms with Gasteiger partial charge in [-0.15, -0.1) is 0 Å². The third-order valence-electron chi connectivity index (χ3n) is 3.52. The van der Waals surface area contributed by atoms with Crippen molar-refractivity contribution in [3.05, 3.63) is 70.0 Å². The topological polar surface area (TPSA) is 85.0 Å².